The highest BCUT2D eigenvalue weighted by molar-refractivity contribution is 5.83. The van der Waals surface area contributed by atoms with E-state index in [1.54, 1.807) is 44.0 Å². The number of hydrogen-bond acceptors (Lipinski definition) is 4. The van der Waals surface area contributed by atoms with E-state index < -0.39 is 5.54 Å². The summed E-state index contributed by atoms with van der Waals surface area (Å²) in [4.78, 5) is 27.0. The Hall–Kier alpha value is -3.15. The minimum absolute atomic E-state index is 0.201. The summed E-state index contributed by atoms with van der Waals surface area (Å²) in [6.07, 6.45) is 1.54. The van der Waals surface area contributed by atoms with Crippen LogP contribution >= 0.6 is 0 Å². The van der Waals surface area contributed by atoms with Crippen molar-refractivity contribution < 1.29 is 9.21 Å². The molecule has 134 valence electrons. The van der Waals surface area contributed by atoms with Gasteiger partial charge in [0.05, 0.1) is 6.26 Å². The smallest absolute Gasteiger partial charge is 0.267 e. The van der Waals surface area contributed by atoms with Crippen LogP contribution in [0.2, 0.25) is 0 Å². The van der Waals surface area contributed by atoms with Crippen molar-refractivity contribution in [2.45, 2.75) is 25.9 Å². The summed E-state index contributed by atoms with van der Waals surface area (Å²) in [6.45, 7) is 3.84. The summed E-state index contributed by atoms with van der Waals surface area (Å²) < 4.78 is 6.56. The fourth-order valence-electron chi connectivity index (χ4n) is 2.85. The summed E-state index contributed by atoms with van der Waals surface area (Å²) in [6, 6.07) is 16.2. The normalized spacial score (nSPS) is 11.3. The average Bonchev–Trinajstić information content (AvgIpc) is 3.16. The zero-order chi connectivity index (χ0) is 18.7. The van der Waals surface area contributed by atoms with Gasteiger partial charge in [-0.05, 0) is 37.6 Å². The Bertz CT molecular complexity index is 944. The largest absolute Gasteiger partial charge is 0.463 e. The third-order valence-electron chi connectivity index (χ3n) is 4.24. The number of rotatable bonds is 5. The SMILES string of the molecule is CN(Cc1ccccc1)C(=O)C(C)(C)n1nc(-c2ccco2)ccc1=O. The molecule has 0 radical (unpaired) electrons. The lowest BCUT2D eigenvalue weighted by atomic mass is 10.0. The van der Waals surface area contributed by atoms with E-state index in [0.29, 0.717) is 18.0 Å². The Morgan fingerprint density at radius 1 is 1.12 bits per heavy atom. The van der Waals surface area contributed by atoms with Gasteiger partial charge in [0.1, 0.15) is 11.2 Å². The van der Waals surface area contributed by atoms with E-state index in [0.717, 1.165) is 5.56 Å². The molecule has 0 unspecified atom stereocenters. The van der Waals surface area contributed by atoms with Gasteiger partial charge in [-0.1, -0.05) is 30.3 Å². The summed E-state index contributed by atoms with van der Waals surface area (Å²) in [7, 11) is 1.72. The summed E-state index contributed by atoms with van der Waals surface area (Å²) >= 11 is 0. The van der Waals surface area contributed by atoms with Crippen LogP contribution in [-0.4, -0.2) is 27.6 Å². The molecule has 6 heteroatoms. The molecule has 0 saturated carbocycles. The van der Waals surface area contributed by atoms with Gasteiger partial charge in [0, 0.05) is 19.7 Å². The second-order valence-electron chi connectivity index (χ2n) is 6.65. The van der Waals surface area contributed by atoms with E-state index in [1.165, 1.54) is 17.0 Å². The van der Waals surface area contributed by atoms with Crippen LogP contribution in [-0.2, 0) is 16.9 Å². The van der Waals surface area contributed by atoms with E-state index >= 15 is 0 Å². The zero-order valence-electron chi connectivity index (χ0n) is 15.0. The third-order valence-corrected chi connectivity index (χ3v) is 4.24. The quantitative estimate of drug-likeness (QED) is 0.709. The number of benzene rings is 1. The van der Waals surface area contributed by atoms with E-state index in [9.17, 15) is 9.59 Å². The summed E-state index contributed by atoms with van der Waals surface area (Å²) in [5, 5.41) is 4.36. The Morgan fingerprint density at radius 3 is 2.50 bits per heavy atom. The molecule has 0 bridgehead atoms. The zero-order valence-corrected chi connectivity index (χ0v) is 15.0. The van der Waals surface area contributed by atoms with Gasteiger partial charge < -0.3 is 9.32 Å². The molecule has 26 heavy (non-hydrogen) atoms. The summed E-state index contributed by atoms with van der Waals surface area (Å²) in [5.41, 5.74) is 0.0418. The predicted octanol–water partition coefficient (Wildman–Crippen LogP) is 2.90. The molecule has 3 aromatic rings. The van der Waals surface area contributed by atoms with Crippen LogP contribution in [0.5, 0.6) is 0 Å². The molecule has 0 aliphatic rings. The highest BCUT2D eigenvalue weighted by atomic mass is 16.3. The number of aromatic nitrogens is 2. The monoisotopic (exact) mass is 351 g/mol. The lowest BCUT2D eigenvalue weighted by molar-refractivity contribution is -0.139. The highest BCUT2D eigenvalue weighted by Crippen LogP contribution is 2.20. The van der Waals surface area contributed by atoms with Crippen molar-refractivity contribution in [2.75, 3.05) is 7.05 Å². The van der Waals surface area contributed by atoms with Gasteiger partial charge in [-0.15, -0.1) is 0 Å². The van der Waals surface area contributed by atoms with Crippen molar-refractivity contribution in [2.24, 2.45) is 0 Å². The second kappa shape index (κ2) is 7.00. The fraction of sp³-hybridized carbons (Fsp3) is 0.250. The first-order valence-electron chi connectivity index (χ1n) is 8.34. The van der Waals surface area contributed by atoms with Crippen LogP contribution in [0, 0.1) is 0 Å². The van der Waals surface area contributed by atoms with Crippen molar-refractivity contribution in [3.63, 3.8) is 0 Å². The van der Waals surface area contributed by atoms with Gasteiger partial charge in [0.2, 0.25) is 5.91 Å². The second-order valence-corrected chi connectivity index (χ2v) is 6.65. The molecule has 2 aromatic heterocycles. The third kappa shape index (κ3) is 3.44. The molecule has 0 spiro atoms. The topological polar surface area (TPSA) is 68.3 Å². The number of furan rings is 1. The molecule has 0 atom stereocenters. The van der Waals surface area contributed by atoms with Gasteiger partial charge in [-0.25, -0.2) is 4.68 Å². The molecule has 6 nitrogen and oxygen atoms in total. The average molecular weight is 351 g/mol. The fourth-order valence-corrected chi connectivity index (χ4v) is 2.85. The Balaban J connectivity index is 1.90. The molecule has 1 aromatic carbocycles. The number of amides is 1. The Kier molecular flexibility index (Phi) is 4.75. The molecular weight excluding hydrogens is 330 g/mol. The standard InChI is InChI=1S/C20H21N3O3/c1-20(2,19(25)22(3)14-15-8-5-4-6-9-15)23-18(24)12-11-16(21-23)17-10-7-13-26-17/h4-13H,14H2,1-3H3. The maximum Gasteiger partial charge on any atom is 0.267 e. The lowest BCUT2D eigenvalue weighted by Gasteiger charge is -2.30. The first-order valence-corrected chi connectivity index (χ1v) is 8.34. The maximum atomic E-state index is 13.0. The number of carbonyl (C=O) groups excluding carboxylic acids is 1. The van der Waals surface area contributed by atoms with Crippen molar-refractivity contribution in [1.29, 1.82) is 0 Å². The highest BCUT2D eigenvalue weighted by Gasteiger charge is 2.34. The maximum absolute atomic E-state index is 13.0. The molecule has 2 heterocycles. The van der Waals surface area contributed by atoms with Gasteiger partial charge >= 0.3 is 0 Å². The van der Waals surface area contributed by atoms with Crippen molar-refractivity contribution >= 4 is 5.91 Å². The number of nitrogens with zero attached hydrogens (tertiary/aromatic N) is 3. The van der Waals surface area contributed by atoms with E-state index in [2.05, 4.69) is 5.10 Å². The molecule has 3 rings (SSSR count). The van der Waals surface area contributed by atoms with Crippen molar-refractivity contribution in [3.05, 3.63) is 76.8 Å². The predicted molar refractivity (Wildman–Crippen MR) is 98.4 cm³/mol. The lowest BCUT2D eigenvalue weighted by Crippen LogP contribution is -2.50. The van der Waals surface area contributed by atoms with Gasteiger partial charge in [-0.3, -0.25) is 9.59 Å². The number of likely N-dealkylation sites (N-methyl/N-ethyl adjacent to an activating group) is 1. The van der Waals surface area contributed by atoms with Crippen LogP contribution in [0.25, 0.3) is 11.5 Å². The molecule has 0 aliphatic carbocycles. The van der Waals surface area contributed by atoms with Crippen molar-refractivity contribution in [1.82, 2.24) is 14.7 Å². The first kappa shape index (κ1) is 17.7. The van der Waals surface area contributed by atoms with Crippen LogP contribution in [0.15, 0.2) is 70.1 Å². The van der Waals surface area contributed by atoms with E-state index in [4.69, 9.17) is 4.42 Å². The number of hydrogen-bond donors (Lipinski definition) is 0. The molecule has 1 amide bonds. The summed E-state index contributed by atoms with van der Waals surface area (Å²) in [5.74, 6) is 0.340. The van der Waals surface area contributed by atoms with Gasteiger partial charge in [0.25, 0.3) is 5.56 Å². The van der Waals surface area contributed by atoms with E-state index in [1.807, 2.05) is 30.3 Å². The van der Waals surface area contributed by atoms with E-state index in [-0.39, 0.29) is 11.5 Å². The molecule has 0 aliphatic heterocycles. The molecule has 0 saturated heterocycles. The molecule has 0 N–H and O–H groups in total. The minimum Gasteiger partial charge on any atom is -0.463 e. The first-order chi connectivity index (χ1) is 12.4. The van der Waals surface area contributed by atoms with Crippen LogP contribution < -0.4 is 5.56 Å². The van der Waals surface area contributed by atoms with Crippen LogP contribution in [0.4, 0.5) is 0 Å². The molecular formula is C20H21N3O3. The minimum atomic E-state index is -1.14. The Morgan fingerprint density at radius 2 is 1.85 bits per heavy atom. The molecule has 0 fully saturated rings. The van der Waals surface area contributed by atoms with Gasteiger partial charge in [-0.2, -0.15) is 5.10 Å². The van der Waals surface area contributed by atoms with Crippen LogP contribution in [0.3, 0.4) is 0 Å². The van der Waals surface area contributed by atoms with Gasteiger partial charge in [0.15, 0.2) is 5.76 Å². The Labute approximate surface area is 151 Å². The van der Waals surface area contributed by atoms with Crippen LogP contribution in [0.1, 0.15) is 19.4 Å². The number of carbonyl (C=O) groups is 1. The van der Waals surface area contributed by atoms with Crippen molar-refractivity contribution in [3.8, 4) is 11.5 Å².